The van der Waals surface area contributed by atoms with Crippen LogP contribution in [-0.4, -0.2) is 96.7 Å². The molecule has 588 valence electrons. The van der Waals surface area contributed by atoms with E-state index in [-0.39, 0.29) is 25.7 Å². The number of carbonyl (C=O) groups excluding carboxylic acids is 4. The van der Waals surface area contributed by atoms with Gasteiger partial charge < -0.3 is 33.8 Å². The Morgan fingerprint density at radius 2 is 0.465 bits per heavy atom. The average molecular weight is 1450 g/mol. The summed E-state index contributed by atoms with van der Waals surface area (Å²) in [6.45, 7) is 7.29. The molecule has 0 aliphatic carbocycles. The van der Waals surface area contributed by atoms with Crippen molar-refractivity contribution < 1.29 is 80.2 Å². The fourth-order valence-electron chi connectivity index (χ4n) is 12.4. The van der Waals surface area contributed by atoms with Crippen molar-refractivity contribution in [2.45, 2.75) is 445 Å². The minimum Gasteiger partial charge on any atom is -0.462 e. The molecule has 0 aromatic rings. The fourth-order valence-corrected chi connectivity index (χ4v) is 14.0. The zero-order valence-electron chi connectivity index (χ0n) is 64.6. The first kappa shape index (κ1) is 97.1. The van der Waals surface area contributed by atoms with Gasteiger partial charge in [-0.3, -0.25) is 37.3 Å². The lowest BCUT2D eigenvalue weighted by Crippen LogP contribution is -2.30. The summed E-state index contributed by atoms with van der Waals surface area (Å²) in [5.74, 6) is -1.38. The van der Waals surface area contributed by atoms with Crippen LogP contribution in [0.15, 0.2) is 0 Å². The van der Waals surface area contributed by atoms with Crippen molar-refractivity contribution in [2.24, 2.45) is 5.92 Å². The van der Waals surface area contributed by atoms with Crippen LogP contribution in [0.3, 0.4) is 0 Å². The first-order valence-corrected chi connectivity index (χ1v) is 44.6. The van der Waals surface area contributed by atoms with E-state index < -0.39 is 97.5 Å². The van der Waals surface area contributed by atoms with E-state index in [1.54, 1.807) is 0 Å². The van der Waals surface area contributed by atoms with Gasteiger partial charge in [0.15, 0.2) is 12.2 Å². The topological polar surface area (TPSA) is 237 Å². The van der Waals surface area contributed by atoms with Crippen LogP contribution in [0, 0.1) is 5.92 Å². The van der Waals surface area contributed by atoms with Crippen LogP contribution < -0.4 is 0 Å². The second-order valence-corrected chi connectivity index (χ2v) is 32.2. The van der Waals surface area contributed by atoms with Gasteiger partial charge in [0.1, 0.15) is 19.3 Å². The van der Waals surface area contributed by atoms with Crippen molar-refractivity contribution in [3.8, 4) is 0 Å². The lowest BCUT2D eigenvalue weighted by atomic mass is 10.0. The first-order valence-electron chi connectivity index (χ1n) is 41.6. The maximum absolute atomic E-state index is 13.1. The molecule has 17 nitrogen and oxygen atoms in total. The second kappa shape index (κ2) is 73.0. The van der Waals surface area contributed by atoms with E-state index in [0.717, 1.165) is 95.8 Å². The van der Waals surface area contributed by atoms with E-state index in [1.165, 1.54) is 250 Å². The Hall–Kier alpha value is -1.94. The second-order valence-electron chi connectivity index (χ2n) is 29.3. The Labute approximate surface area is 607 Å². The first-order chi connectivity index (χ1) is 48.0. The lowest BCUT2D eigenvalue weighted by Gasteiger charge is -2.21. The minimum atomic E-state index is -4.96. The van der Waals surface area contributed by atoms with E-state index >= 15 is 0 Å². The summed E-state index contributed by atoms with van der Waals surface area (Å²) < 4.78 is 68.7. The van der Waals surface area contributed by atoms with Crippen molar-refractivity contribution in [2.75, 3.05) is 39.6 Å². The molecule has 2 unspecified atom stereocenters. The van der Waals surface area contributed by atoms with Gasteiger partial charge in [0.25, 0.3) is 0 Å². The number of aliphatic hydroxyl groups is 1. The molecule has 19 heteroatoms. The number of aliphatic hydroxyl groups excluding tert-OH is 1. The zero-order chi connectivity index (χ0) is 72.7. The molecule has 3 N–H and O–H groups in total. The molecule has 0 amide bonds. The summed E-state index contributed by atoms with van der Waals surface area (Å²) in [4.78, 5) is 73.0. The van der Waals surface area contributed by atoms with Gasteiger partial charge in [0.2, 0.25) is 0 Å². The molecule has 0 aromatic carbocycles. The van der Waals surface area contributed by atoms with Crippen LogP contribution in [0.2, 0.25) is 0 Å². The highest BCUT2D eigenvalue weighted by atomic mass is 31.2. The molecule has 0 rings (SSSR count). The monoisotopic (exact) mass is 1450 g/mol. The minimum absolute atomic E-state index is 0.108. The van der Waals surface area contributed by atoms with Gasteiger partial charge in [0, 0.05) is 25.7 Å². The number of phosphoric ester groups is 2. The number of phosphoric acid groups is 2. The van der Waals surface area contributed by atoms with Gasteiger partial charge in [0.05, 0.1) is 26.4 Å². The highest BCUT2D eigenvalue weighted by molar-refractivity contribution is 7.47. The van der Waals surface area contributed by atoms with Gasteiger partial charge in [-0.1, -0.05) is 375 Å². The maximum Gasteiger partial charge on any atom is 0.472 e. The molecule has 99 heavy (non-hydrogen) atoms. The molecule has 0 saturated heterocycles. The summed E-state index contributed by atoms with van der Waals surface area (Å²) >= 11 is 0. The Bertz CT molecular complexity index is 1890. The van der Waals surface area contributed by atoms with Crippen LogP contribution in [-0.2, 0) is 65.4 Å². The molecule has 0 bridgehead atoms. The Balaban J connectivity index is 5.24. The van der Waals surface area contributed by atoms with E-state index in [1.807, 2.05) is 0 Å². The van der Waals surface area contributed by atoms with Crippen LogP contribution in [0.4, 0.5) is 0 Å². The normalized spacial score (nSPS) is 13.9. The summed E-state index contributed by atoms with van der Waals surface area (Å²) in [5.41, 5.74) is 0. The largest absolute Gasteiger partial charge is 0.472 e. The van der Waals surface area contributed by atoms with Crippen molar-refractivity contribution in [3.63, 3.8) is 0 Å². The molecule has 0 aromatic heterocycles. The van der Waals surface area contributed by atoms with Crippen LogP contribution in [0.5, 0.6) is 0 Å². The SMILES string of the molecule is CCCCCCCCCCCCCCCCCCCCCC(=O)O[C@H](COC(=O)CCCCCCCCCCCCCCCCCC)COP(=O)(O)OC[C@@H](O)COP(=O)(O)OC[C@@H](COC(=O)CCCCCCCCCCC(C)C)OC(=O)CCCCCCCCCCCCCCC. The average Bonchev–Trinajstić information content (AvgIpc) is 1.04. The third-order valence-electron chi connectivity index (χ3n) is 18.8. The van der Waals surface area contributed by atoms with Crippen LogP contribution >= 0.6 is 15.6 Å². The van der Waals surface area contributed by atoms with E-state index in [0.29, 0.717) is 25.7 Å². The Morgan fingerprint density at radius 1 is 0.273 bits per heavy atom. The van der Waals surface area contributed by atoms with Crippen molar-refractivity contribution in [1.82, 2.24) is 0 Å². The highest BCUT2D eigenvalue weighted by Gasteiger charge is 2.30. The summed E-state index contributed by atoms with van der Waals surface area (Å²) in [6.07, 6.45) is 63.8. The highest BCUT2D eigenvalue weighted by Crippen LogP contribution is 2.45. The third-order valence-corrected chi connectivity index (χ3v) is 20.7. The summed E-state index contributed by atoms with van der Waals surface area (Å²) in [7, 11) is -9.92. The Kier molecular flexibility index (Phi) is 71.6. The van der Waals surface area contributed by atoms with E-state index in [4.69, 9.17) is 37.0 Å². The van der Waals surface area contributed by atoms with Gasteiger partial charge >= 0.3 is 39.5 Å². The zero-order valence-corrected chi connectivity index (χ0v) is 66.4. The van der Waals surface area contributed by atoms with E-state index in [2.05, 4.69) is 34.6 Å². The predicted molar refractivity (Wildman–Crippen MR) is 405 cm³/mol. The number of esters is 4. The van der Waals surface area contributed by atoms with E-state index in [9.17, 15) is 43.2 Å². The predicted octanol–water partition coefficient (Wildman–Crippen LogP) is 24.0. The maximum atomic E-state index is 13.1. The van der Waals surface area contributed by atoms with Crippen molar-refractivity contribution in [3.05, 3.63) is 0 Å². The van der Waals surface area contributed by atoms with Gasteiger partial charge in [-0.15, -0.1) is 0 Å². The van der Waals surface area contributed by atoms with Crippen LogP contribution in [0.1, 0.15) is 426 Å². The molecule has 0 saturated carbocycles. The summed E-state index contributed by atoms with van der Waals surface area (Å²) in [5, 5.41) is 10.6. The number of hydrogen-bond acceptors (Lipinski definition) is 15. The summed E-state index contributed by atoms with van der Waals surface area (Å²) in [6, 6.07) is 0. The van der Waals surface area contributed by atoms with Crippen LogP contribution in [0.25, 0.3) is 0 Å². The molecular weight excluding hydrogens is 1290 g/mol. The molecule has 0 fully saturated rings. The lowest BCUT2D eigenvalue weighted by molar-refractivity contribution is -0.161. The Morgan fingerprint density at radius 3 is 0.687 bits per heavy atom. The standard InChI is InChI=1S/C80H156O17P2/c1-6-9-12-15-18-21-24-27-29-31-32-33-35-38-41-44-51-56-61-66-80(85)96-75(69-90-77(82)63-58-53-48-42-39-37-34-30-28-25-22-19-16-13-10-7-2)71-94-98(86,87)92-67-74(81)68-93-99(88,89)95-72-76(70-91-78(83)64-59-54-49-46-45-47-52-57-62-73(4)5)97-79(84)65-60-55-50-43-40-36-26-23-20-17-14-11-8-3/h73-76,81H,6-72H2,1-5H3,(H,86,87)(H,88,89)/t74-,75-,76-/m1/s1. The fraction of sp³-hybridized carbons (Fsp3) is 0.950. The number of carbonyl (C=O) groups is 4. The molecule has 0 spiro atoms. The molecule has 5 atom stereocenters. The molecular formula is C80H156O17P2. The molecule has 0 heterocycles. The quantitative estimate of drug-likeness (QED) is 0.0222. The van der Waals surface area contributed by atoms with Gasteiger partial charge in [-0.25, -0.2) is 9.13 Å². The third kappa shape index (κ3) is 74.1. The van der Waals surface area contributed by atoms with Gasteiger partial charge in [-0.05, 0) is 31.6 Å². The molecule has 0 aliphatic rings. The number of rotatable bonds is 80. The van der Waals surface area contributed by atoms with Crippen molar-refractivity contribution >= 4 is 39.5 Å². The van der Waals surface area contributed by atoms with Gasteiger partial charge in [-0.2, -0.15) is 0 Å². The molecule has 0 radical (unpaired) electrons. The molecule has 0 aliphatic heterocycles. The number of hydrogen-bond donors (Lipinski definition) is 3. The number of ether oxygens (including phenoxy) is 4. The smallest absolute Gasteiger partial charge is 0.462 e. The number of unbranched alkanes of at least 4 members (excludes halogenated alkanes) is 52. The van der Waals surface area contributed by atoms with Crippen molar-refractivity contribution in [1.29, 1.82) is 0 Å².